The number of carboxylic acid groups (broad SMARTS) is 1. The number of amides is 1. The molecule has 43 heavy (non-hydrogen) atoms. The fourth-order valence-electron chi connectivity index (χ4n) is 5.26. The molecule has 1 aliphatic rings. The fourth-order valence-corrected chi connectivity index (χ4v) is 5.26. The van der Waals surface area contributed by atoms with Gasteiger partial charge < -0.3 is 24.8 Å². The predicted octanol–water partition coefficient (Wildman–Crippen LogP) is 5.40. The van der Waals surface area contributed by atoms with Crippen LogP contribution in [-0.4, -0.2) is 56.9 Å². The lowest BCUT2D eigenvalue weighted by molar-refractivity contribution is -0.160. The van der Waals surface area contributed by atoms with Gasteiger partial charge >= 0.3 is 5.97 Å². The molecule has 0 radical (unpaired) electrons. The zero-order valence-electron chi connectivity index (χ0n) is 25.2. The summed E-state index contributed by atoms with van der Waals surface area (Å²) < 4.78 is 27.0. The molecular formula is C32H40FN5O5. The van der Waals surface area contributed by atoms with Crippen molar-refractivity contribution in [3.8, 4) is 5.75 Å². The van der Waals surface area contributed by atoms with Gasteiger partial charge in [-0.3, -0.25) is 4.79 Å². The molecule has 0 bridgehead atoms. The molecule has 1 amide bonds. The van der Waals surface area contributed by atoms with Crippen molar-refractivity contribution in [3.05, 3.63) is 77.9 Å². The summed E-state index contributed by atoms with van der Waals surface area (Å²) in [6.07, 6.45) is 4.89. The molecule has 2 N–H and O–H groups in total. The van der Waals surface area contributed by atoms with Crippen molar-refractivity contribution in [2.24, 2.45) is 5.92 Å². The minimum absolute atomic E-state index is 0.0708. The fraction of sp³-hybridized carbons (Fsp3) is 0.438. The van der Waals surface area contributed by atoms with E-state index in [9.17, 15) is 19.1 Å². The Morgan fingerprint density at radius 1 is 1.21 bits per heavy atom. The van der Waals surface area contributed by atoms with E-state index in [2.05, 4.69) is 33.5 Å². The van der Waals surface area contributed by atoms with E-state index < -0.39 is 29.4 Å². The molecule has 0 spiro atoms. The summed E-state index contributed by atoms with van der Waals surface area (Å²) >= 11 is 0. The Hall–Kier alpha value is -4.25. The van der Waals surface area contributed by atoms with Gasteiger partial charge in [0.1, 0.15) is 24.0 Å². The van der Waals surface area contributed by atoms with Gasteiger partial charge in [-0.1, -0.05) is 24.8 Å². The number of nitrogens with one attached hydrogen (secondary N) is 1. The minimum atomic E-state index is -1.30. The van der Waals surface area contributed by atoms with Crippen LogP contribution in [0.3, 0.4) is 0 Å². The number of anilines is 1. The van der Waals surface area contributed by atoms with Gasteiger partial charge in [0.15, 0.2) is 17.4 Å². The summed E-state index contributed by atoms with van der Waals surface area (Å²) in [5, 5.41) is 17.7. The highest BCUT2D eigenvalue weighted by atomic mass is 19.1. The number of halogens is 1. The Morgan fingerprint density at radius 2 is 1.93 bits per heavy atom. The smallest absolute Gasteiger partial charge is 0.337 e. The third kappa shape index (κ3) is 7.59. The predicted molar refractivity (Wildman–Crippen MR) is 162 cm³/mol. The van der Waals surface area contributed by atoms with E-state index in [1.54, 1.807) is 50.4 Å². The minimum Gasteiger partial charge on any atom is -0.489 e. The van der Waals surface area contributed by atoms with Gasteiger partial charge in [0.2, 0.25) is 0 Å². The summed E-state index contributed by atoms with van der Waals surface area (Å²) in [6, 6.07) is 5.67. The number of piperidine rings is 1. The second kappa shape index (κ2) is 13.4. The van der Waals surface area contributed by atoms with E-state index in [1.165, 1.54) is 12.1 Å². The number of aromatic nitrogens is 3. The number of hydrogen-bond acceptors (Lipinski definition) is 7. The average molecular weight is 594 g/mol. The van der Waals surface area contributed by atoms with Crippen molar-refractivity contribution in [2.75, 3.05) is 24.6 Å². The number of carbonyl (C=O) groups excluding carboxylic acids is 1. The molecule has 3 aromatic rings. The molecule has 1 aromatic carbocycles. The number of hydrogen-bond donors (Lipinski definition) is 2. The number of carbonyl (C=O) groups is 2. The zero-order valence-corrected chi connectivity index (χ0v) is 25.2. The molecule has 2 aromatic heterocycles. The quantitative estimate of drug-likeness (QED) is 0.268. The maximum atomic E-state index is 13.8. The van der Waals surface area contributed by atoms with Gasteiger partial charge in [-0.2, -0.15) is 9.61 Å². The number of aliphatic carboxylic acids is 1. The third-order valence-electron chi connectivity index (χ3n) is 7.23. The first-order valence-electron chi connectivity index (χ1n) is 14.4. The van der Waals surface area contributed by atoms with Crippen LogP contribution in [0.15, 0.2) is 49.6 Å². The summed E-state index contributed by atoms with van der Waals surface area (Å²) in [5.74, 6) is -0.724. The molecule has 10 nitrogen and oxygen atoms in total. The lowest BCUT2D eigenvalue weighted by Gasteiger charge is -2.36. The van der Waals surface area contributed by atoms with E-state index in [0.717, 1.165) is 19.3 Å². The molecule has 0 saturated carbocycles. The highest BCUT2D eigenvalue weighted by molar-refractivity contribution is 5.93. The number of rotatable bonds is 12. The molecule has 3 heterocycles. The largest absolute Gasteiger partial charge is 0.489 e. The first-order chi connectivity index (χ1) is 20.4. The standard InChI is InChI=1S/C32H40FN5O5/c1-7-9-21-12-14-37(15-13-21)30-27(28(31(40)41)43-32(4,5)6)20(3)35-26-18-24(36-38(26)30)29(39)34-19-22-10-11-23(33)17-25(22)42-16-8-2/h7-8,10-11,17-18,21,28H,1-2,9,12-16,19H2,3-6H3,(H,34,39)(H,40,41). The van der Waals surface area contributed by atoms with Crippen LogP contribution in [0.5, 0.6) is 5.75 Å². The van der Waals surface area contributed by atoms with E-state index >= 15 is 0 Å². The van der Waals surface area contributed by atoms with Gasteiger partial charge in [-0.05, 0) is 58.9 Å². The van der Waals surface area contributed by atoms with Gasteiger partial charge in [0.05, 0.1) is 11.2 Å². The lowest BCUT2D eigenvalue weighted by atomic mass is 9.93. The van der Waals surface area contributed by atoms with Crippen LogP contribution in [0.1, 0.15) is 73.4 Å². The first kappa shape index (κ1) is 31.7. The maximum Gasteiger partial charge on any atom is 0.337 e. The highest BCUT2D eigenvalue weighted by Crippen LogP contribution is 2.37. The SMILES string of the molecule is C=CCOc1cc(F)ccc1CNC(=O)c1cc2nc(C)c(C(OC(C)(C)C)C(=O)O)c(N3CCC(CC=C)CC3)n2n1. The molecule has 1 atom stereocenters. The first-order valence-corrected chi connectivity index (χ1v) is 14.4. The van der Waals surface area contributed by atoms with Crippen LogP contribution in [0.25, 0.3) is 5.65 Å². The van der Waals surface area contributed by atoms with E-state index in [4.69, 9.17) is 9.47 Å². The van der Waals surface area contributed by atoms with Crippen LogP contribution < -0.4 is 15.0 Å². The van der Waals surface area contributed by atoms with Crippen LogP contribution >= 0.6 is 0 Å². The molecule has 1 saturated heterocycles. The maximum absolute atomic E-state index is 13.8. The summed E-state index contributed by atoms with van der Waals surface area (Å²) in [7, 11) is 0. The van der Waals surface area contributed by atoms with E-state index in [0.29, 0.717) is 53.0 Å². The van der Waals surface area contributed by atoms with Gasteiger partial charge in [0.25, 0.3) is 5.91 Å². The number of aryl methyl sites for hydroxylation is 1. The Bertz CT molecular complexity index is 1500. The van der Waals surface area contributed by atoms with Crippen LogP contribution in [-0.2, 0) is 16.1 Å². The van der Waals surface area contributed by atoms with Crippen LogP contribution in [0, 0.1) is 18.7 Å². The number of nitrogens with zero attached hydrogens (tertiary/aromatic N) is 4. The summed E-state index contributed by atoms with van der Waals surface area (Å²) in [6.45, 7) is 16.2. The van der Waals surface area contributed by atoms with Crippen molar-refractivity contribution < 1.29 is 28.6 Å². The topological polar surface area (TPSA) is 118 Å². The second-order valence-corrected chi connectivity index (χ2v) is 11.7. The molecule has 1 fully saturated rings. The number of allylic oxidation sites excluding steroid dienone is 1. The van der Waals surface area contributed by atoms with Crippen molar-refractivity contribution in [1.82, 2.24) is 19.9 Å². The van der Waals surface area contributed by atoms with Gasteiger partial charge in [-0.15, -0.1) is 6.58 Å². The number of benzene rings is 1. The Kier molecular flexibility index (Phi) is 9.85. The Morgan fingerprint density at radius 3 is 2.56 bits per heavy atom. The highest BCUT2D eigenvalue weighted by Gasteiger charge is 2.35. The number of fused-ring (bicyclic) bond motifs is 1. The monoisotopic (exact) mass is 593 g/mol. The third-order valence-corrected chi connectivity index (χ3v) is 7.23. The number of carboxylic acids is 1. The summed E-state index contributed by atoms with van der Waals surface area (Å²) in [5.41, 5.74) is 1.24. The molecule has 11 heteroatoms. The number of ether oxygens (including phenoxy) is 2. The van der Waals surface area contributed by atoms with E-state index in [-0.39, 0.29) is 18.8 Å². The zero-order chi connectivity index (χ0) is 31.3. The normalized spacial score (nSPS) is 14.9. The Balaban J connectivity index is 1.72. The van der Waals surface area contributed by atoms with Crippen molar-refractivity contribution in [1.29, 1.82) is 0 Å². The molecule has 230 valence electrons. The lowest BCUT2D eigenvalue weighted by Crippen LogP contribution is -2.37. The van der Waals surface area contributed by atoms with Gasteiger partial charge in [-0.25, -0.2) is 14.2 Å². The molecule has 1 aliphatic heterocycles. The molecule has 1 unspecified atom stereocenters. The molecular weight excluding hydrogens is 553 g/mol. The van der Waals surface area contributed by atoms with Gasteiger partial charge in [0, 0.05) is 43.0 Å². The second-order valence-electron chi connectivity index (χ2n) is 11.7. The average Bonchev–Trinajstić information content (AvgIpc) is 3.37. The summed E-state index contributed by atoms with van der Waals surface area (Å²) in [4.78, 5) is 32.6. The van der Waals surface area contributed by atoms with Crippen molar-refractivity contribution >= 4 is 23.3 Å². The van der Waals surface area contributed by atoms with E-state index in [1.807, 2.05) is 6.08 Å². The van der Waals surface area contributed by atoms with Crippen molar-refractivity contribution in [2.45, 2.75) is 65.2 Å². The molecule has 4 rings (SSSR count). The Labute approximate surface area is 251 Å². The molecule has 0 aliphatic carbocycles. The van der Waals surface area contributed by atoms with Crippen LogP contribution in [0.2, 0.25) is 0 Å². The van der Waals surface area contributed by atoms with Crippen LogP contribution in [0.4, 0.5) is 10.2 Å². The van der Waals surface area contributed by atoms with Crippen molar-refractivity contribution in [3.63, 3.8) is 0 Å².